The van der Waals surface area contributed by atoms with Gasteiger partial charge in [0.05, 0.1) is 5.69 Å². The lowest BCUT2D eigenvalue weighted by Crippen LogP contribution is -2.53. The molecule has 0 N–H and O–H groups in total. The Bertz CT molecular complexity index is 727. The predicted octanol–water partition coefficient (Wildman–Crippen LogP) is 1.91. The lowest BCUT2D eigenvalue weighted by molar-refractivity contribution is 0.131. The Morgan fingerprint density at radius 2 is 1.92 bits per heavy atom. The van der Waals surface area contributed by atoms with Crippen molar-refractivity contribution in [3.63, 3.8) is 0 Å². The Hall–Kier alpha value is -2.41. The highest BCUT2D eigenvalue weighted by molar-refractivity contribution is 5.37. The Balaban J connectivity index is 1.47. The van der Waals surface area contributed by atoms with E-state index in [2.05, 4.69) is 38.6 Å². The molecule has 132 valence electrons. The number of aromatic nitrogens is 3. The van der Waals surface area contributed by atoms with Crippen molar-refractivity contribution in [1.29, 1.82) is 0 Å². The molecule has 4 heterocycles. The van der Waals surface area contributed by atoms with Gasteiger partial charge in [-0.25, -0.2) is 15.0 Å². The molecule has 0 bridgehead atoms. The fourth-order valence-electron chi connectivity index (χ4n) is 3.53. The first-order valence-corrected chi connectivity index (χ1v) is 8.76. The summed E-state index contributed by atoms with van der Waals surface area (Å²) in [5.74, 6) is 2.15. The van der Waals surface area contributed by atoms with E-state index in [-0.39, 0.29) is 6.04 Å². The maximum Gasteiger partial charge on any atom is 0.257 e. The zero-order valence-electron chi connectivity index (χ0n) is 14.6. The highest BCUT2D eigenvalue weighted by Gasteiger charge is 2.30. The molecular weight excluding hydrogens is 318 g/mol. The van der Waals surface area contributed by atoms with Crippen molar-refractivity contribution in [1.82, 2.24) is 19.9 Å². The molecule has 7 nitrogen and oxygen atoms in total. The average Bonchev–Trinajstić information content (AvgIpc) is 2.67. The van der Waals surface area contributed by atoms with Gasteiger partial charge in [-0.15, -0.1) is 0 Å². The van der Waals surface area contributed by atoms with Gasteiger partial charge in [-0.05, 0) is 32.0 Å². The third-order valence-electron chi connectivity index (χ3n) is 4.87. The fraction of sp³-hybridized carbons (Fsp3) is 0.500. The van der Waals surface area contributed by atoms with Crippen LogP contribution in [0, 0.1) is 0 Å². The second-order valence-electron chi connectivity index (χ2n) is 6.49. The van der Waals surface area contributed by atoms with Crippen LogP contribution in [0.4, 0.5) is 5.95 Å². The minimum atomic E-state index is 0.213. The minimum absolute atomic E-state index is 0.213. The number of ether oxygens (including phenoxy) is 2. The van der Waals surface area contributed by atoms with Crippen molar-refractivity contribution in [3.05, 3.63) is 36.3 Å². The molecule has 2 aromatic rings. The normalized spacial score (nSPS) is 21.8. The lowest BCUT2D eigenvalue weighted by Gasteiger charge is -2.42. The molecule has 25 heavy (non-hydrogen) atoms. The summed E-state index contributed by atoms with van der Waals surface area (Å²) in [7, 11) is 0. The molecule has 2 aromatic heterocycles. The first kappa shape index (κ1) is 16.1. The monoisotopic (exact) mass is 341 g/mol. The summed E-state index contributed by atoms with van der Waals surface area (Å²) >= 11 is 0. The van der Waals surface area contributed by atoms with Crippen molar-refractivity contribution in [2.45, 2.75) is 25.9 Å². The van der Waals surface area contributed by atoms with Crippen LogP contribution >= 0.6 is 0 Å². The molecule has 4 rings (SSSR count). The van der Waals surface area contributed by atoms with Gasteiger partial charge < -0.3 is 14.4 Å². The maximum absolute atomic E-state index is 5.62. The van der Waals surface area contributed by atoms with E-state index in [9.17, 15) is 0 Å². The van der Waals surface area contributed by atoms with Gasteiger partial charge in [0.15, 0.2) is 5.75 Å². The molecule has 0 aromatic carbocycles. The molecule has 7 heteroatoms. The molecule has 0 aliphatic carbocycles. The van der Waals surface area contributed by atoms with Gasteiger partial charge in [-0.2, -0.15) is 0 Å². The number of anilines is 1. The van der Waals surface area contributed by atoms with Crippen molar-refractivity contribution in [3.8, 4) is 11.6 Å². The molecule has 1 saturated heterocycles. The highest BCUT2D eigenvalue weighted by Crippen LogP contribution is 2.32. The summed E-state index contributed by atoms with van der Waals surface area (Å²) < 4.78 is 11.2. The van der Waals surface area contributed by atoms with Crippen LogP contribution < -0.4 is 14.4 Å². The number of rotatable bonds is 3. The predicted molar refractivity (Wildman–Crippen MR) is 94.1 cm³/mol. The minimum Gasteiger partial charge on any atom is -0.484 e. The van der Waals surface area contributed by atoms with E-state index < -0.39 is 0 Å². The van der Waals surface area contributed by atoms with Crippen LogP contribution in [-0.2, 0) is 0 Å². The Kier molecular flexibility index (Phi) is 4.40. The molecule has 2 atom stereocenters. The van der Waals surface area contributed by atoms with Crippen LogP contribution in [0.3, 0.4) is 0 Å². The Labute approximate surface area is 147 Å². The van der Waals surface area contributed by atoms with Crippen LogP contribution in [0.5, 0.6) is 11.6 Å². The zero-order chi connectivity index (χ0) is 17.2. The standard InChI is InChI=1S/C18H23N5O2/c1-13-12-22(18-19-6-3-7-20-18)8-9-23(13)14(2)15-4-5-16-17(21-15)25-11-10-24-16/h3-7,13-14H,8-12H2,1-2H3/t13-,14+/m1/s1. The van der Waals surface area contributed by atoms with Gasteiger partial charge >= 0.3 is 0 Å². The summed E-state index contributed by atoms with van der Waals surface area (Å²) in [5.41, 5.74) is 1.01. The first-order chi connectivity index (χ1) is 12.2. The first-order valence-electron chi connectivity index (χ1n) is 8.76. The van der Waals surface area contributed by atoms with Crippen molar-refractivity contribution in [2.75, 3.05) is 37.7 Å². The summed E-state index contributed by atoms with van der Waals surface area (Å²) in [4.78, 5) is 18.1. The second kappa shape index (κ2) is 6.84. The zero-order valence-corrected chi connectivity index (χ0v) is 14.6. The van der Waals surface area contributed by atoms with Gasteiger partial charge in [0.25, 0.3) is 5.88 Å². The van der Waals surface area contributed by atoms with Gasteiger partial charge in [0.2, 0.25) is 5.95 Å². The molecule has 0 radical (unpaired) electrons. The van der Waals surface area contributed by atoms with Crippen LogP contribution in [0.2, 0.25) is 0 Å². The average molecular weight is 341 g/mol. The third-order valence-corrected chi connectivity index (χ3v) is 4.87. The topological polar surface area (TPSA) is 63.6 Å². The number of piperazine rings is 1. The fourth-order valence-corrected chi connectivity index (χ4v) is 3.53. The molecule has 2 aliphatic heterocycles. The number of pyridine rings is 1. The van der Waals surface area contributed by atoms with E-state index in [0.29, 0.717) is 25.1 Å². The van der Waals surface area contributed by atoms with Crippen LogP contribution in [0.1, 0.15) is 25.6 Å². The molecular formula is C18H23N5O2. The number of fused-ring (bicyclic) bond motifs is 1. The second-order valence-corrected chi connectivity index (χ2v) is 6.49. The highest BCUT2D eigenvalue weighted by atomic mass is 16.6. The van der Waals surface area contributed by atoms with Crippen LogP contribution in [0.15, 0.2) is 30.6 Å². The SMILES string of the molecule is C[C@@H]1CN(c2ncccn2)CCN1[C@@H](C)c1ccc2c(n1)OCCO2. The maximum atomic E-state index is 5.62. The van der Waals surface area contributed by atoms with E-state index in [4.69, 9.17) is 9.47 Å². The summed E-state index contributed by atoms with van der Waals surface area (Å²) in [6.07, 6.45) is 3.59. The van der Waals surface area contributed by atoms with E-state index >= 15 is 0 Å². The largest absolute Gasteiger partial charge is 0.484 e. The molecule has 2 aliphatic rings. The molecule has 1 fully saturated rings. The molecule has 0 spiro atoms. The molecule has 0 unspecified atom stereocenters. The van der Waals surface area contributed by atoms with Crippen molar-refractivity contribution >= 4 is 5.95 Å². The van der Waals surface area contributed by atoms with Gasteiger partial charge in [-0.1, -0.05) is 0 Å². The van der Waals surface area contributed by atoms with Gasteiger partial charge in [-0.3, -0.25) is 4.90 Å². The third kappa shape index (κ3) is 3.24. The van der Waals surface area contributed by atoms with Crippen LogP contribution in [0.25, 0.3) is 0 Å². The summed E-state index contributed by atoms with van der Waals surface area (Å²) in [6.45, 7) is 8.33. The van der Waals surface area contributed by atoms with E-state index in [0.717, 1.165) is 37.0 Å². The van der Waals surface area contributed by atoms with Gasteiger partial charge in [0, 0.05) is 44.1 Å². The Morgan fingerprint density at radius 1 is 1.12 bits per heavy atom. The number of hydrogen-bond donors (Lipinski definition) is 0. The van der Waals surface area contributed by atoms with Gasteiger partial charge in [0.1, 0.15) is 13.2 Å². The summed E-state index contributed by atoms with van der Waals surface area (Å²) in [6, 6.07) is 6.44. The Morgan fingerprint density at radius 3 is 2.72 bits per heavy atom. The van der Waals surface area contributed by atoms with Crippen LogP contribution in [-0.4, -0.2) is 58.7 Å². The van der Waals surface area contributed by atoms with Crippen molar-refractivity contribution < 1.29 is 9.47 Å². The smallest absolute Gasteiger partial charge is 0.257 e. The number of nitrogens with zero attached hydrogens (tertiary/aromatic N) is 5. The molecule has 0 amide bonds. The van der Waals surface area contributed by atoms with Crippen molar-refractivity contribution in [2.24, 2.45) is 0 Å². The quantitative estimate of drug-likeness (QED) is 0.845. The van der Waals surface area contributed by atoms with E-state index in [1.807, 2.05) is 18.2 Å². The lowest BCUT2D eigenvalue weighted by atomic mass is 10.1. The van der Waals surface area contributed by atoms with E-state index in [1.54, 1.807) is 12.4 Å². The summed E-state index contributed by atoms with van der Waals surface area (Å²) in [5, 5.41) is 0. The number of hydrogen-bond acceptors (Lipinski definition) is 7. The molecule has 0 saturated carbocycles. The van der Waals surface area contributed by atoms with E-state index in [1.165, 1.54) is 0 Å².